The third-order valence-corrected chi connectivity index (χ3v) is 3.48. The number of rotatable bonds is 7. The summed E-state index contributed by atoms with van der Waals surface area (Å²) < 4.78 is 0. The number of carbonyl (C=O) groups is 2. The number of carbonyl (C=O) groups excluding carboxylic acids is 1. The number of thioether (sulfide) groups is 1. The molecule has 0 aliphatic rings. The fraction of sp³-hybridized carbons (Fsp3) is 0.429. The number of amides is 2. The first kappa shape index (κ1) is 16.4. The van der Waals surface area contributed by atoms with Gasteiger partial charge in [-0.05, 0) is 37.5 Å². The molecule has 0 saturated carbocycles. The fourth-order valence-corrected chi connectivity index (χ4v) is 2.24. The topological polar surface area (TPSA) is 69.6 Å². The molecule has 0 unspecified atom stereocenters. The highest BCUT2D eigenvalue weighted by molar-refractivity contribution is 7.98. The molecular formula is C14H20N2O3S. The van der Waals surface area contributed by atoms with Crippen molar-refractivity contribution in [3.05, 3.63) is 30.3 Å². The van der Waals surface area contributed by atoms with Gasteiger partial charge in [0.05, 0.1) is 0 Å². The molecule has 1 atom stereocenters. The largest absolute Gasteiger partial charge is 0.480 e. The molecule has 0 aliphatic heterocycles. The number of anilines is 1. The number of carboxylic acid groups (broad SMARTS) is 1. The van der Waals surface area contributed by atoms with Crippen molar-refractivity contribution in [3.8, 4) is 0 Å². The molecule has 0 saturated heterocycles. The summed E-state index contributed by atoms with van der Waals surface area (Å²) in [6.45, 7) is 2.33. The lowest BCUT2D eigenvalue weighted by atomic mass is 10.2. The molecule has 0 fully saturated rings. The zero-order chi connectivity index (χ0) is 15.0. The summed E-state index contributed by atoms with van der Waals surface area (Å²) >= 11 is 1.56. The molecule has 2 amide bonds. The van der Waals surface area contributed by atoms with E-state index >= 15 is 0 Å². The summed E-state index contributed by atoms with van der Waals surface area (Å²) in [5.74, 6) is -0.314. The third kappa shape index (κ3) is 4.77. The van der Waals surface area contributed by atoms with Crippen molar-refractivity contribution in [2.45, 2.75) is 19.4 Å². The summed E-state index contributed by atoms with van der Waals surface area (Å²) in [5, 5.41) is 11.7. The van der Waals surface area contributed by atoms with Gasteiger partial charge in [-0.1, -0.05) is 18.2 Å². The second-order valence-corrected chi connectivity index (χ2v) is 5.19. The lowest BCUT2D eigenvalue weighted by molar-refractivity contribution is -0.139. The van der Waals surface area contributed by atoms with Crippen LogP contribution in [0.1, 0.15) is 13.3 Å². The van der Waals surface area contributed by atoms with E-state index in [2.05, 4.69) is 5.32 Å². The number of urea groups is 1. The van der Waals surface area contributed by atoms with E-state index in [9.17, 15) is 9.59 Å². The SMILES string of the molecule is CCN(C(=O)N[C@H](CCSC)C(=O)O)c1ccccc1. The molecule has 2 N–H and O–H groups in total. The van der Waals surface area contributed by atoms with Crippen molar-refractivity contribution in [2.75, 3.05) is 23.5 Å². The van der Waals surface area contributed by atoms with E-state index in [-0.39, 0.29) is 6.03 Å². The molecule has 20 heavy (non-hydrogen) atoms. The van der Waals surface area contributed by atoms with Crippen LogP contribution in [-0.2, 0) is 4.79 Å². The number of benzene rings is 1. The lowest BCUT2D eigenvalue weighted by Gasteiger charge is -2.24. The number of nitrogens with zero attached hydrogens (tertiary/aromatic N) is 1. The number of para-hydroxylation sites is 1. The summed E-state index contributed by atoms with van der Waals surface area (Å²) in [6, 6.07) is 7.95. The molecule has 110 valence electrons. The van der Waals surface area contributed by atoms with Crippen LogP contribution >= 0.6 is 11.8 Å². The fourth-order valence-electron chi connectivity index (χ4n) is 1.77. The van der Waals surface area contributed by atoms with Gasteiger partial charge in [0.15, 0.2) is 0 Å². The van der Waals surface area contributed by atoms with Gasteiger partial charge in [-0.2, -0.15) is 11.8 Å². The highest BCUT2D eigenvalue weighted by atomic mass is 32.2. The molecule has 0 aromatic heterocycles. The predicted molar refractivity (Wildman–Crippen MR) is 82.4 cm³/mol. The van der Waals surface area contributed by atoms with Crippen LogP contribution in [0.3, 0.4) is 0 Å². The average molecular weight is 296 g/mol. The summed E-state index contributed by atoms with van der Waals surface area (Å²) in [4.78, 5) is 24.9. The molecule has 5 nitrogen and oxygen atoms in total. The molecule has 0 radical (unpaired) electrons. The second kappa shape index (κ2) is 8.47. The Labute approximate surface area is 123 Å². The highest BCUT2D eigenvalue weighted by Crippen LogP contribution is 2.13. The van der Waals surface area contributed by atoms with Gasteiger partial charge in [0, 0.05) is 12.2 Å². The summed E-state index contributed by atoms with van der Waals surface area (Å²) in [6.07, 6.45) is 2.32. The predicted octanol–water partition coefficient (Wildman–Crippen LogP) is 2.43. The monoisotopic (exact) mass is 296 g/mol. The number of nitrogens with one attached hydrogen (secondary N) is 1. The van der Waals surface area contributed by atoms with Crippen molar-refractivity contribution >= 4 is 29.4 Å². The van der Waals surface area contributed by atoms with Crippen LogP contribution in [0.15, 0.2) is 30.3 Å². The van der Waals surface area contributed by atoms with Crippen LogP contribution in [0.25, 0.3) is 0 Å². The molecular weight excluding hydrogens is 276 g/mol. The molecule has 6 heteroatoms. The second-order valence-electron chi connectivity index (χ2n) is 4.20. The van der Waals surface area contributed by atoms with Gasteiger partial charge in [0.2, 0.25) is 0 Å². The normalized spacial score (nSPS) is 11.7. The standard InChI is InChI=1S/C14H20N2O3S/c1-3-16(11-7-5-4-6-8-11)14(19)15-12(13(17)18)9-10-20-2/h4-8,12H,3,9-10H2,1-2H3,(H,15,19)(H,17,18)/t12-/m1/s1. The number of aliphatic carboxylic acids is 1. The van der Waals surface area contributed by atoms with Crippen LogP contribution in [0, 0.1) is 0 Å². The van der Waals surface area contributed by atoms with Crippen LogP contribution in [0.4, 0.5) is 10.5 Å². The minimum Gasteiger partial charge on any atom is -0.480 e. The minimum absolute atomic E-state index is 0.382. The molecule has 0 aliphatic carbocycles. The van der Waals surface area contributed by atoms with Crippen molar-refractivity contribution in [2.24, 2.45) is 0 Å². The van der Waals surface area contributed by atoms with Crippen molar-refractivity contribution in [1.82, 2.24) is 5.32 Å². The van der Waals surface area contributed by atoms with E-state index in [1.807, 2.05) is 43.5 Å². The van der Waals surface area contributed by atoms with Gasteiger partial charge in [-0.15, -0.1) is 0 Å². The Morgan fingerprint density at radius 1 is 1.35 bits per heavy atom. The summed E-state index contributed by atoms with van der Waals surface area (Å²) in [5.41, 5.74) is 0.751. The Balaban J connectivity index is 2.73. The van der Waals surface area contributed by atoms with Crippen molar-refractivity contribution in [1.29, 1.82) is 0 Å². The van der Waals surface area contributed by atoms with Crippen molar-refractivity contribution < 1.29 is 14.7 Å². The Morgan fingerprint density at radius 2 is 2.00 bits per heavy atom. The van der Waals surface area contributed by atoms with Crippen LogP contribution in [0.2, 0.25) is 0 Å². The van der Waals surface area contributed by atoms with E-state index in [1.165, 1.54) is 4.90 Å². The number of carboxylic acids is 1. The Kier molecular flexibility index (Phi) is 6.93. The van der Waals surface area contributed by atoms with Gasteiger partial charge in [0.25, 0.3) is 0 Å². The highest BCUT2D eigenvalue weighted by Gasteiger charge is 2.22. The maximum absolute atomic E-state index is 12.2. The maximum Gasteiger partial charge on any atom is 0.326 e. The van der Waals surface area contributed by atoms with Gasteiger partial charge in [0.1, 0.15) is 6.04 Å². The van der Waals surface area contributed by atoms with Gasteiger partial charge >= 0.3 is 12.0 Å². The first-order valence-electron chi connectivity index (χ1n) is 6.45. The smallest absolute Gasteiger partial charge is 0.326 e. The Bertz CT molecular complexity index is 439. The molecule has 0 bridgehead atoms. The van der Waals surface area contributed by atoms with Crippen LogP contribution < -0.4 is 10.2 Å². The Hall–Kier alpha value is -1.69. The molecule has 1 aromatic rings. The molecule has 0 heterocycles. The molecule has 0 spiro atoms. The zero-order valence-electron chi connectivity index (χ0n) is 11.7. The average Bonchev–Trinajstić information content (AvgIpc) is 2.45. The van der Waals surface area contributed by atoms with Crippen molar-refractivity contribution in [3.63, 3.8) is 0 Å². The first-order chi connectivity index (χ1) is 9.60. The van der Waals surface area contributed by atoms with E-state index < -0.39 is 12.0 Å². The van der Waals surface area contributed by atoms with E-state index in [0.29, 0.717) is 18.7 Å². The van der Waals surface area contributed by atoms with Crippen LogP contribution in [0.5, 0.6) is 0 Å². The zero-order valence-corrected chi connectivity index (χ0v) is 12.5. The molecule has 1 aromatic carbocycles. The maximum atomic E-state index is 12.2. The lowest BCUT2D eigenvalue weighted by Crippen LogP contribution is -2.48. The minimum atomic E-state index is -1.00. The van der Waals surface area contributed by atoms with Gasteiger partial charge < -0.3 is 10.4 Å². The molecule has 1 rings (SSSR count). The van der Waals surface area contributed by atoms with Gasteiger partial charge in [-0.25, -0.2) is 9.59 Å². The number of hydrogen-bond acceptors (Lipinski definition) is 3. The Morgan fingerprint density at radius 3 is 2.50 bits per heavy atom. The number of hydrogen-bond donors (Lipinski definition) is 2. The van der Waals surface area contributed by atoms with E-state index in [4.69, 9.17) is 5.11 Å². The summed E-state index contributed by atoms with van der Waals surface area (Å²) in [7, 11) is 0. The van der Waals surface area contributed by atoms with Gasteiger partial charge in [-0.3, -0.25) is 4.90 Å². The van der Waals surface area contributed by atoms with Crippen LogP contribution in [-0.4, -0.2) is 41.7 Å². The quantitative estimate of drug-likeness (QED) is 0.811. The van der Waals surface area contributed by atoms with E-state index in [1.54, 1.807) is 11.8 Å². The third-order valence-electron chi connectivity index (χ3n) is 2.84. The first-order valence-corrected chi connectivity index (χ1v) is 7.84. The van der Waals surface area contributed by atoms with E-state index in [0.717, 1.165) is 5.69 Å².